The van der Waals surface area contributed by atoms with Gasteiger partial charge >= 0.3 is 6.18 Å². The maximum Gasteiger partial charge on any atom is 0.389 e. The summed E-state index contributed by atoms with van der Waals surface area (Å²) in [5, 5.41) is 3.25. The van der Waals surface area contributed by atoms with Crippen LogP contribution in [0.2, 0.25) is 0 Å². The van der Waals surface area contributed by atoms with Crippen molar-refractivity contribution in [1.29, 1.82) is 0 Å². The fraction of sp³-hybridized carbons (Fsp3) is 0.571. The highest BCUT2D eigenvalue weighted by atomic mass is 19.4. The molecule has 1 aliphatic rings. The molecule has 0 spiro atoms. The maximum absolute atomic E-state index is 12.0. The van der Waals surface area contributed by atoms with E-state index in [9.17, 15) is 13.2 Å². The van der Waals surface area contributed by atoms with Crippen LogP contribution in [0.4, 0.5) is 13.2 Å². The Labute approximate surface area is 105 Å². The van der Waals surface area contributed by atoms with Gasteiger partial charge in [-0.25, -0.2) is 0 Å². The molecule has 1 atom stereocenters. The third-order valence-electron chi connectivity index (χ3n) is 3.40. The van der Waals surface area contributed by atoms with Crippen LogP contribution in [0.3, 0.4) is 0 Å². The van der Waals surface area contributed by atoms with Crippen LogP contribution in [0, 0.1) is 0 Å². The minimum atomic E-state index is -4.04. The van der Waals surface area contributed by atoms with E-state index in [1.165, 1.54) is 11.1 Å². The van der Waals surface area contributed by atoms with Gasteiger partial charge in [-0.2, -0.15) is 13.2 Å². The molecule has 1 unspecified atom stereocenters. The van der Waals surface area contributed by atoms with Gasteiger partial charge in [-0.3, -0.25) is 0 Å². The number of rotatable bonds is 4. The molecule has 0 aromatic heterocycles. The molecule has 2 rings (SSSR count). The zero-order valence-corrected chi connectivity index (χ0v) is 10.3. The molecule has 1 aromatic rings. The Hall–Kier alpha value is -1.03. The molecule has 1 aromatic carbocycles. The standard InChI is InChI=1S/C14H18F3N/c15-14(16,17)9-4-10-18-13-8-3-6-11-5-1-2-7-12(11)13/h1-2,5,7,13,18H,3-4,6,8-10H2. The highest BCUT2D eigenvalue weighted by Gasteiger charge is 2.26. The van der Waals surface area contributed by atoms with Gasteiger partial charge in [0, 0.05) is 12.5 Å². The molecule has 0 saturated carbocycles. The van der Waals surface area contributed by atoms with Gasteiger partial charge in [-0.1, -0.05) is 24.3 Å². The van der Waals surface area contributed by atoms with E-state index in [0.29, 0.717) is 6.54 Å². The second-order valence-corrected chi connectivity index (χ2v) is 4.82. The summed E-state index contributed by atoms with van der Waals surface area (Å²) < 4.78 is 36.1. The fourth-order valence-corrected chi connectivity index (χ4v) is 2.53. The second-order valence-electron chi connectivity index (χ2n) is 4.82. The van der Waals surface area contributed by atoms with Crippen molar-refractivity contribution in [3.05, 3.63) is 35.4 Å². The van der Waals surface area contributed by atoms with Gasteiger partial charge in [0.25, 0.3) is 0 Å². The van der Waals surface area contributed by atoms with Crippen molar-refractivity contribution in [3.8, 4) is 0 Å². The number of nitrogens with one attached hydrogen (secondary N) is 1. The van der Waals surface area contributed by atoms with Crippen LogP contribution in [0.1, 0.15) is 42.9 Å². The lowest BCUT2D eigenvalue weighted by Crippen LogP contribution is -2.26. The molecule has 4 heteroatoms. The number of hydrogen-bond acceptors (Lipinski definition) is 1. The van der Waals surface area contributed by atoms with E-state index in [4.69, 9.17) is 0 Å². The Morgan fingerprint density at radius 1 is 1.22 bits per heavy atom. The van der Waals surface area contributed by atoms with Crippen molar-refractivity contribution < 1.29 is 13.2 Å². The molecule has 0 fully saturated rings. The molecular formula is C14H18F3N. The smallest absolute Gasteiger partial charge is 0.310 e. The minimum Gasteiger partial charge on any atom is -0.310 e. The number of hydrogen-bond donors (Lipinski definition) is 1. The van der Waals surface area contributed by atoms with E-state index in [1.807, 2.05) is 12.1 Å². The van der Waals surface area contributed by atoms with Gasteiger partial charge in [-0.15, -0.1) is 0 Å². The number of benzene rings is 1. The molecule has 0 heterocycles. The van der Waals surface area contributed by atoms with Crippen molar-refractivity contribution in [1.82, 2.24) is 5.32 Å². The summed E-state index contributed by atoms with van der Waals surface area (Å²) in [5.41, 5.74) is 2.59. The molecule has 100 valence electrons. The monoisotopic (exact) mass is 257 g/mol. The van der Waals surface area contributed by atoms with Gasteiger partial charge in [0.1, 0.15) is 0 Å². The van der Waals surface area contributed by atoms with Crippen LogP contribution >= 0.6 is 0 Å². The average Bonchev–Trinajstić information content (AvgIpc) is 2.33. The van der Waals surface area contributed by atoms with Crippen LogP contribution in [0.25, 0.3) is 0 Å². The minimum absolute atomic E-state index is 0.155. The predicted molar refractivity (Wildman–Crippen MR) is 65.4 cm³/mol. The molecule has 0 saturated heterocycles. The molecular weight excluding hydrogens is 239 g/mol. The van der Waals surface area contributed by atoms with Crippen molar-refractivity contribution in [2.75, 3.05) is 6.54 Å². The quantitative estimate of drug-likeness (QED) is 0.804. The van der Waals surface area contributed by atoms with Crippen molar-refractivity contribution in [2.24, 2.45) is 0 Å². The SMILES string of the molecule is FC(F)(F)CCCNC1CCCc2ccccc21. The molecule has 1 aliphatic carbocycles. The number of fused-ring (bicyclic) bond motifs is 1. The normalized spacial score (nSPS) is 19.6. The highest BCUT2D eigenvalue weighted by Crippen LogP contribution is 2.29. The largest absolute Gasteiger partial charge is 0.389 e. The summed E-state index contributed by atoms with van der Waals surface area (Å²) in [6.07, 6.45) is -1.38. The number of halogens is 3. The third-order valence-corrected chi connectivity index (χ3v) is 3.40. The third kappa shape index (κ3) is 3.73. The summed E-state index contributed by atoms with van der Waals surface area (Å²) in [4.78, 5) is 0. The molecule has 1 nitrogen and oxygen atoms in total. The van der Waals surface area contributed by atoms with Crippen molar-refractivity contribution in [3.63, 3.8) is 0 Å². The lowest BCUT2D eigenvalue weighted by atomic mass is 9.88. The summed E-state index contributed by atoms with van der Waals surface area (Å²) >= 11 is 0. The summed E-state index contributed by atoms with van der Waals surface area (Å²) in [7, 11) is 0. The van der Waals surface area contributed by atoms with Crippen LogP contribution < -0.4 is 5.32 Å². The van der Waals surface area contributed by atoms with E-state index in [0.717, 1.165) is 19.3 Å². The molecule has 0 amide bonds. The first kappa shape index (κ1) is 13.4. The maximum atomic E-state index is 12.0. The zero-order chi connectivity index (χ0) is 13.0. The Morgan fingerprint density at radius 2 is 2.00 bits per heavy atom. The number of alkyl halides is 3. The van der Waals surface area contributed by atoms with Crippen molar-refractivity contribution in [2.45, 2.75) is 44.3 Å². The van der Waals surface area contributed by atoms with Gasteiger partial charge < -0.3 is 5.32 Å². The molecule has 0 aliphatic heterocycles. The highest BCUT2D eigenvalue weighted by molar-refractivity contribution is 5.32. The second kappa shape index (κ2) is 5.74. The van der Waals surface area contributed by atoms with E-state index in [-0.39, 0.29) is 12.5 Å². The molecule has 18 heavy (non-hydrogen) atoms. The summed E-state index contributed by atoms with van der Waals surface area (Å²) in [6.45, 7) is 0.429. The number of aryl methyl sites for hydroxylation is 1. The van der Waals surface area contributed by atoms with Crippen LogP contribution in [0.15, 0.2) is 24.3 Å². The molecule has 0 radical (unpaired) electrons. The molecule has 1 N–H and O–H groups in total. The van der Waals surface area contributed by atoms with Crippen LogP contribution in [0.5, 0.6) is 0 Å². The summed E-state index contributed by atoms with van der Waals surface area (Å²) in [6, 6.07) is 8.43. The Kier molecular flexibility index (Phi) is 4.27. The predicted octanol–water partition coefficient (Wildman–Crippen LogP) is 4.00. The van der Waals surface area contributed by atoms with Gasteiger partial charge in [0.15, 0.2) is 0 Å². The Balaban J connectivity index is 1.84. The first-order valence-corrected chi connectivity index (χ1v) is 6.44. The lowest BCUT2D eigenvalue weighted by molar-refractivity contribution is -0.135. The average molecular weight is 257 g/mol. The van der Waals surface area contributed by atoms with Crippen LogP contribution in [-0.2, 0) is 6.42 Å². The first-order chi connectivity index (χ1) is 8.56. The van der Waals surface area contributed by atoms with Crippen LogP contribution in [-0.4, -0.2) is 12.7 Å². The molecule has 0 bridgehead atoms. The van der Waals surface area contributed by atoms with E-state index < -0.39 is 12.6 Å². The van der Waals surface area contributed by atoms with E-state index in [1.54, 1.807) is 0 Å². The Bertz CT molecular complexity index is 387. The van der Waals surface area contributed by atoms with Gasteiger partial charge in [0.2, 0.25) is 0 Å². The first-order valence-electron chi connectivity index (χ1n) is 6.44. The van der Waals surface area contributed by atoms with E-state index in [2.05, 4.69) is 17.4 Å². The Morgan fingerprint density at radius 3 is 2.78 bits per heavy atom. The van der Waals surface area contributed by atoms with Gasteiger partial charge in [-0.05, 0) is 43.4 Å². The van der Waals surface area contributed by atoms with E-state index >= 15 is 0 Å². The van der Waals surface area contributed by atoms with Crippen molar-refractivity contribution >= 4 is 0 Å². The lowest BCUT2D eigenvalue weighted by Gasteiger charge is -2.26. The summed E-state index contributed by atoms with van der Waals surface area (Å²) in [5.74, 6) is 0. The van der Waals surface area contributed by atoms with Gasteiger partial charge in [0.05, 0.1) is 0 Å². The zero-order valence-electron chi connectivity index (χ0n) is 10.3. The topological polar surface area (TPSA) is 12.0 Å². The fourth-order valence-electron chi connectivity index (χ4n) is 2.53.